The maximum absolute atomic E-state index is 5.95. The highest BCUT2D eigenvalue weighted by molar-refractivity contribution is 7.13. The van der Waals surface area contributed by atoms with Gasteiger partial charge in [-0.15, -0.1) is 0 Å². The first-order chi connectivity index (χ1) is 6.31. The van der Waals surface area contributed by atoms with E-state index in [9.17, 15) is 0 Å². The summed E-state index contributed by atoms with van der Waals surface area (Å²) in [5, 5.41) is 1.87. The zero-order chi connectivity index (χ0) is 9.26. The summed E-state index contributed by atoms with van der Waals surface area (Å²) < 4.78 is 5.33. The van der Waals surface area contributed by atoms with Crippen molar-refractivity contribution in [3.05, 3.63) is 28.9 Å². The van der Waals surface area contributed by atoms with Gasteiger partial charge in [-0.25, -0.2) is 0 Å². The Kier molecular flexibility index (Phi) is 2.49. The lowest BCUT2D eigenvalue weighted by Crippen LogP contribution is -2.02. The van der Waals surface area contributed by atoms with Gasteiger partial charge >= 0.3 is 0 Å². The molecule has 68 valence electrons. The predicted molar refractivity (Wildman–Crippen MR) is 57.4 cm³/mol. The monoisotopic (exact) mass is 212 g/mol. The van der Waals surface area contributed by atoms with Crippen molar-refractivity contribution in [2.75, 3.05) is 6.54 Å². The van der Waals surface area contributed by atoms with Gasteiger partial charge in [-0.1, -0.05) is 11.6 Å². The van der Waals surface area contributed by atoms with Crippen molar-refractivity contribution in [1.82, 2.24) is 4.37 Å². The van der Waals surface area contributed by atoms with Crippen LogP contribution in [-0.4, -0.2) is 10.9 Å². The molecule has 0 bridgehead atoms. The minimum Gasteiger partial charge on any atom is -0.330 e. The molecule has 0 aliphatic rings. The summed E-state index contributed by atoms with van der Waals surface area (Å²) >= 11 is 7.45. The van der Waals surface area contributed by atoms with Crippen LogP contribution in [0.2, 0.25) is 5.02 Å². The van der Waals surface area contributed by atoms with E-state index in [4.69, 9.17) is 17.3 Å². The minimum atomic E-state index is 0.646. The molecule has 1 aromatic heterocycles. The minimum absolute atomic E-state index is 0.646. The van der Waals surface area contributed by atoms with E-state index < -0.39 is 0 Å². The number of aromatic nitrogens is 1. The molecule has 1 aromatic carbocycles. The molecule has 13 heavy (non-hydrogen) atoms. The summed E-state index contributed by atoms with van der Waals surface area (Å²) in [6.45, 7) is 0.646. The summed E-state index contributed by atoms with van der Waals surface area (Å²) in [5.74, 6) is 0. The van der Waals surface area contributed by atoms with Crippen molar-refractivity contribution < 1.29 is 0 Å². The number of fused-ring (bicyclic) bond motifs is 1. The van der Waals surface area contributed by atoms with Crippen molar-refractivity contribution in [1.29, 1.82) is 0 Å². The molecule has 0 unspecified atom stereocenters. The van der Waals surface area contributed by atoms with Crippen LogP contribution in [0.15, 0.2) is 18.3 Å². The molecule has 2 N–H and O–H groups in total. The average Bonchev–Trinajstić information content (AvgIpc) is 2.52. The number of rotatable bonds is 2. The van der Waals surface area contributed by atoms with Gasteiger partial charge in [0.25, 0.3) is 0 Å². The van der Waals surface area contributed by atoms with E-state index in [0.717, 1.165) is 16.8 Å². The quantitative estimate of drug-likeness (QED) is 0.831. The van der Waals surface area contributed by atoms with Gasteiger partial charge in [0.05, 0.1) is 4.70 Å². The third kappa shape index (κ3) is 1.68. The van der Waals surface area contributed by atoms with Gasteiger partial charge < -0.3 is 5.73 Å². The molecule has 1 heterocycles. The van der Waals surface area contributed by atoms with E-state index in [1.54, 1.807) is 0 Å². The molecule has 0 spiro atoms. The fourth-order valence-corrected chi connectivity index (χ4v) is 2.37. The highest BCUT2D eigenvalue weighted by atomic mass is 35.5. The van der Waals surface area contributed by atoms with E-state index in [1.807, 2.05) is 18.3 Å². The summed E-state index contributed by atoms with van der Waals surface area (Å²) in [6.07, 6.45) is 2.70. The van der Waals surface area contributed by atoms with Gasteiger partial charge in [-0.3, -0.25) is 0 Å². The van der Waals surface area contributed by atoms with Crippen molar-refractivity contribution >= 4 is 33.2 Å². The Balaban J connectivity index is 2.63. The number of nitrogens with zero attached hydrogens (tertiary/aromatic N) is 1. The smallest absolute Gasteiger partial charge is 0.0583 e. The Hall–Kier alpha value is -0.640. The Morgan fingerprint density at radius 1 is 1.46 bits per heavy atom. The predicted octanol–water partition coefficient (Wildman–Crippen LogP) is 2.45. The first-order valence-electron chi connectivity index (χ1n) is 4.04. The van der Waals surface area contributed by atoms with E-state index >= 15 is 0 Å². The second kappa shape index (κ2) is 3.62. The first kappa shape index (κ1) is 8.94. The SMILES string of the molecule is NCCc1cc(Cl)cc2cnsc12. The molecule has 2 nitrogen and oxygen atoms in total. The molecule has 0 aliphatic carbocycles. The van der Waals surface area contributed by atoms with Gasteiger partial charge in [0, 0.05) is 16.6 Å². The van der Waals surface area contributed by atoms with Crippen LogP contribution in [0.5, 0.6) is 0 Å². The number of hydrogen-bond donors (Lipinski definition) is 1. The number of nitrogens with two attached hydrogens (primary N) is 1. The first-order valence-corrected chi connectivity index (χ1v) is 5.19. The van der Waals surface area contributed by atoms with E-state index in [1.165, 1.54) is 21.8 Å². The molecule has 0 saturated heterocycles. The van der Waals surface area contributed by atoms with Crippen LogP contribution in [-0.2, 0) is 6.42 Å². The molecular formula is C9H9ClN2S. The summed E-state index contributed by atoms with van der Waals surface area (Å²) in [5.41, 5.74) is 6.71. The lowest BCUT2D eigenvalue weighted by molar-refractivity contribution is 0.979. The normalized spacial score (nSPS) is 10.9. The number of benzene rings is 1. The van der Waals surface area contributed by atoms with Gasteiger partial charge in [0.2, 0.25) is 0 Å². The zero-order valence-electron chi connectivity index (χ0n) is 6.96. The average molecular weight is 213 g/mol. The van der Waals surface area contributed by atoms with E-state index in [2.05, 4.69) is 4.37 Å². The van der Waals surface area contributed by atoms with E-state index in [-0.39, 0.29) is 0 Å². The van der Waals surface area contributed by atoms with E-state index in [0.29, 0.717) is 6.54 Å². The van der Waals surface area contributed by atoms with Gasteiger partial charge in [0.15, 0.2) is 0 Å². The Labute approximate surface area is 85.5 Å². The molecule has 2 aromatic rings. The van der Waals surface area contributed by atoms with Crippen LogP contribution in [0.25, 0.3) is 10.1 Å². The van der Waals surface area contributed by atoms with Crippen molar-refractivity contribution in [3.63, 3.8) is 0 Å². The van der Waals surface area contributed by atoms with Crippen LogP contribution in [0, 0.1) is 0 Å². The fraction of sp³-hybridized carbons (Fsp3) is 0.222. The fourth-order valence-electron chi connectivity index (χ4n) is 1.36. The highest BCUT2D eigenvalue weighted by Gasteiger charge is 2.04. The van der Waals surface area contributed by atoms with Gasteiger partial charge in [-0.2, -0.15) is 4.37 Å². The lowest BCUT2D eigenvalue weighted by atomic mass is 10.1. The maximum atomic E-state index is 5.95. The molecule has 0 atom stereocenters. The summed E-state index contributed by atoms with van der Waals surface area (Å²) in [7, 11) is 0. The molecular weight excluding hydrogens is 204 g/mol. The molecule has 0 fully saturated rings. The third-order valence-corrected chi connectivity index (χ3v) is 3.02. The van der Waals surface area contributed by atoms with Crippen LogP contribution in [0.1, 0.15) is 5.56 Å². The maximum Gasteiger partial charge on any atom is 0.0583 e. The second-order valence-electron chi connectivity index (χ2n) is 2.85. The van der Waals surface area contributed by atoms with Crippen LogP contribution in [0.4, 0.5) is 0 Å². The number of hydrogen-bond acceptors (Lipinski definition) is 3. The molecule has 2 rings (SSSR count). The topological polar surface area (TPSA) is 38.9 Å². The van der Waals surface area contributed by atoms with Crippen LogP contribution in [0.3, 0.4) is 0 Å². The molecule has 4 heteroatoms. The molecule has 0 amide bonds. The van der Waals surface area contributed by atoms with Crippen LogP contribution < -0.4 is 5.73 Å². The molecule has 0 aliphatic heterocycles. The van der Waals surface area contributed by atoms with Crippen LogP contribution >= 0.6 is 23.1 Å². The van der Waals surface area contributed by atoms with Crippen molar-refractivity contribution in [2.24, 2.45) is 5.73 Å². The zero-order valence-corrected chi connectivity index (χ0v) is 8.53. The highest BCUT2D eigenvalue weighted by Crippen LogP contribution is 2.26. The largest absolute Gasteiger partial charge is 0.330 e. The summed E-state index contributed by atoms with van der Waals surface area (Å²) in [6, 6.07) is 3.90. The lowest BCUT2D eigenvalue weighted by Gasteiger charge is -2.00. The Bertz CT molecular complexity index is 424. The second-order valence-corrected chi connectivity index (χ2v) is 4.09. The van der Waals surface area contributed by atoms with Crippen molar-refractivity contribution in [3.8, 4) is 0 Å². The standard InChI is InChI=1S/C9H9ClN2S/c10-8-3-6(1-2-11)9-7(4-8)5-12-13-9/h3-5H,1-2,11H2. The number of halogens is 1. The summed E-state index contributed by atoms with van der Waals surface area (Å²) in [4.78, 5) is 0. The third-order valence-electron chi connectivity index (χ3n) is 1.91. The van der Waals surface area contributed by atoms with Crippen molar-refractivity contribution in [2.45, 2.75) is 6.42 Å². The Morgan fingerprint density at radius 2 is 2.31 bits per heavy atom. The van der Waals surface area contributed by atoms with Gasteiger partial charge in [0.1, 0.15) is 0 Å². The molecule has 0 radical (unpaired) electrons. The van der Waals surface area contributed by atoms with Gasteiger partial charge in [-0.05, 0) is 42.2 Å². The molecule has 0 saturated carbocycles. The Morgan fingerprint density at radius 3 is 3.08 bits per heavy atom.